The summed E-state index contributed by atoms with van der Waals surface area (Å²) >= 11 is 3.35. The number of nitro groups is 1. The van der Waals surface area contributed by atoms with Gasteiger partial charge in [-0.1, -0.05) is 0 Å². The molecule has 0 fully saturated rings. The topological polar surface area (TPSA) is 101 Å². The van der Waals surface area contributed by atoms with Crippen molar-refractivity contribution in [1.29, 1.82) is 0 Å². The van der Waals surface area contributed by atoms with E-state index < -0.39 is 10.8 Å². The molecule has 1 amide bonds. The minimum Gasteiger partial charge on any atom is -0.438 e. The first kappa shape index (κ1) is 16.7. The van der Waals surface area contributed by atoms with Crippen molar-refractivity contribution in [3.63, 3.8) is 0 Å². The molecule has 120 valence electrons. The molecule has 0 unspecified atom stereocenters. The summed E-state index contributed by atoms with van der Waals surface area (Å²) in [6.45, 7) is 0. The molecule has 0 saturated heterocycles. The number of nitrogens with one attached hydrogen (secondary N) is 1. The highest BCUT2D eigenvalue weighted by atomic mass is 79.9. The number of anilines is 1. The molecule has 1 N–H and O–H groups in total. The third kappa shape index (κ3) is 4.16. The fourth-order valence-electron chi connectivity index (χ4n) is 1.70. The number of carbonyl (C=O) groups excluding carboxylic acids is 1. The summed E-state index contributed by atoms with van der Waals surface area (Å²) in [5, 5.41) is 14.3. The van der Waals surface area contributed by atoms with Crippen LogP contribution in [-0.4, -0.2) is 31.1 Å². The van der Waals surface area contributed by atoms with Crippen molar-refractivity contribution in [3.05, 3.63) is 56.2 Å². The van der Waals surface area contributed by atoms with E-state index in [9.17, 15) is 14.9 Å². The van der Waals surface area contributed by atoms with Gasteiger partial charge in [-0.25, -0.2) is 5.43 Å². The summed E-state index contributed by atoms with van der Waals surface area (Å²) in [5.41, 5.74) is 2.51. The highest BCUT2D eigenvalue weighted by molar-refractivity contribution is 9.10. The Morgan fingerprint density at radius 3 is 2.57 bits per heavy atom. The van der Waals surface area contributed by atoms with Crippen molar-refractivity contribution in [2.75, 3.05) is 19.0 Å². The van der Waals surface area contributed by atoms with E-state index >= 15 is 0 Å². The Hall–Kier alpha value is -2.68. The number of nitro benzene ring substituents is 1. The van der Waals surface area contributed by atoms with Crippen molar-refractivity contribution in [1.82, 2.24) is 5.43 Å². The van der Waals surface area contributed by atoms with Gasteiger partial charge in [0.25, 0.3) is 11.6 Å². The largest absolute Gasteiger partial charge is 0.438 e. The second-order valence-electron chi connectivity index (χ2n) is 4.70. The average molecular weight is 381 g/mol. The van der Waals surface area contributed by atoms with E-state index in [-0.39, 0.29) is 11.3 Å². The smallest absolute Gasteiger partial charge is 0.271 e. The third-order valence-electron chi connectivity index (χ3n) is 2.79. The number of hydrogen-bond acceptors (Lipinski definition) is 6. The molecule has 1 aromatic carbocycles. The first-order valence-electron chi connectivity index (χ1n) is 6.43. The van der Waals surface area contributed by atoms with E-state index in [0.717, 1.165) is 4.47 Å². The Morgan fingerprint density at radius 2 is 2.04 bits per heavy atom. The number of amides is 1. The molecule has 2 rings (SSSR count). The maximum absolute atomic E-state index is 11.9. The van der Waals surface area contributed by atoms with Crippen LogP contribution in [0, 0.1) is 10.1 Å². The number of rotatable bonds is 5. The Balaban J connectivity index is 2.01. The van der Waals surface area contributed by atoms with Crippen molar-refractivity contribution in [3.8, 4) is 0 Å². The molecule has 23 heavy (non-hydrogen) atoms. The summed E-state index contributed by atoms with van der Waals surface area (Å²) in [7, 11) is 3.67. The van der Waals surface area contributed by atoms with Gasteiger partial charge >= 0.3 is 0 Å². The number of carbonyl (C=O) groups is 1. The van der Waals surface area contributed by atoms with Crippen LogP contribution in [0.2, 0.25) is 0 Å². The predicted octanol–water partition coefficient (Wildman–Crippen LogP) is 2.78. The molecule has 0 aliphatic rings. The van der Waals surface area contributed by atoms with Gasteiger partial charge in [-0.05, 0) is 28.1 Å². The van der Waals surface area contributed by atoms with E-state index in [1.807, 2.05) is 14.1 Å². The Bertz CT molecular complexity index is 753. The van der Waals surface area contributed by atoms with Crippen LogP contribution in [0.4, 0.5) is 11.6 Å². The molecule has 0 saturated carbocycles. The van der Waals surface area contributed by atoms with Gasteiger partial charge in [0, 0.05) is 37.9 Å². The number of benzene rings is 1. The fraction of sp³-hybridized carbons (Fsp3) is 0.143. The van der Waals surface area contributed by atoms with Crippen LogP contribution < -0.4 is 10.3 Å². The van der Waals surface area contributed by atoms with E-state index in [0.29, 0.717) is 11.6 Å². The second kappa shape index (κ2) is 7.05. The zero-order valence-electron chi connectivity index (χ0n) is 12.3. The van der Waals surface area contributed by atoms with Crippen LogP contribution in [-0.2, 0) is 0 Å². The molecule has 9 heteroatoms. The molecule has 2 aromatic rings. The molecule has 0 atom stereocenters. The zero-order valence-corrected chi connectivity index (χ0v) is 13.9. The minimum absolute atomic E-state index is 0.0818. The summed E-state index contributed by atoms with van der Waals surface area (Å²) in [4.78, 5) is 23.7. The first-order chi connectivity index (χ1) is 10.9. The highest BCUT2D eigenvalue weighted by Crippen LogP contribution is 2.27. The van der Waals surface area contributed by atoms with Gasteiger partial charge in [-0.2, -0.15) is 5.10 Å². The Morgan fingerprint density at radius 1 is 1.39 bits per heavy atom. The maximum Gasteiger partial charge on any atom is 0.271 e. The normalized spacial score (nSPS) is 10.7. The van der Waals surface area contributed by atoms with Crippen LogP contribution in [0.3, 0.4) is 0 Å². The lowest BCUT2D eigenvalue weighted by Crippen LogP contribution is -2.17. The molecule has 1 heterocycles. The van der Waals surface area contributed by atoms with Crippen LogP contribution in [0.15, 0.2) is 44.3 Å². The van der Waals surface area contributed by atoms with Gasteiger partial charge in [0.15, 0.2) is 5.76 Å². The van der Waals surface area contributed by atoms with Gasteiger partial charge in [0.05, 0.1) is 15.6 Å². The summed E-state index contributed by atoms with van der Waals surface area (Å²) in [6, 6.07) is 6.95. The molecule has 0 radical (unpaired) electrons. The SMILES string of the molecule is CN(C)c1oc(/C=N/NC(=O)c2ccc([N+](=O)[O-])cc2)cc1Br. The summed E-state index contributed by atoms with van der Waals surface area (Å²) in [5.74, 6) is 0.618. The van der Waals surface area contributed by atoms with Crippen molar-refractivity contribution >= 4 is 39.6 Å². The number of furan rings is 1. The maximum atomic E-state index is 11.9. The third-order valence-corrected chi connectivity index (χ3v) is 3.36. The monoisotopic (exact) mass is 380 g/mol. The van der Waals surface area contributed by atoms with E-state index in [1.165, 1.54) is 30.5 Å². The van der Waals surface area contributed by atoms with E-state index in [4.69, 9.17) is 4.42 Å². The zero-order chi connectivity index (χ0) is 17.0. The summed E-state index contributed by atoms with van der Waals surface area (Å²) in [6.07, 6.45) is 1.36. The number of halogens is 1. The number of hydrogen-bond donors (Lipinski definition) is 1. The highest BCUT2D eigenvalue weighted by Gasteiger charge is 2.10. The average Bonchev–Trinajstić information content (AvgIpc) is 2.88. The van der Waals surface area contributed by atoms with Gasteiger partial charge in [0.1, 0.15) is 0 Å². The molecule has 8 nitrogen and oxygen atoms in total. The van der Waals surface area contributed by atoms with Crippen LogP contribution in [0.25, 0.3) is 0 Å². The number of nitrogens with zero attached hydrogens (tertiary/aromatic N) is 3. The van der Waals surface area contributed by atoms with Gasteiger partial charge < -0.3 is 9.32 Å². The predicted molar refractivity (Wildman–Crippen MR) is 88.9 cm³/mol. The van der Waals surface area contributed by atoms with Crippen LogP contribution >= 0.6 is 15.9 Å². The Kier molecular flexibility index (Phi) is 5.12. The van der Waals surface area contributed by atoms with Crippen LogP contribution in [0.5, 0.6) is 0 Å². The lowest BCUT2D eigenvalue weighted by Gasteiger charge is -2.07. The Labute approximate surface area is 140 Å². The van der Waals surface area contributed by atoms with Crippen molar-refractivity contribution < 1.29 is 14.1 Å². The second-order valence-corrected chi connectivity index (χ2v) is 5.55. The van der Waals surface area contributed by atoms with Crippen molar-refractivity contribution in [2.45, 2.75) is 0 Å². The molecule has 0 aliphatic carbocycles. The lowest BCUT2D eigenvalue weighted by atomic mass is 10.2. The quantitative estimate of drug-likeness (QED) is 0.488. The molecule has 0 spiro atoms. The number of non-ortho nitro benzene ring substituents is 1. The summed E-state index contributed by atoms with van der Waals surface area (Å²) < 4.78 is 6.28. The van der Waals surface area contributed by atoms with Gasteiger partial charge in [0.2, 0.25) is 5.88 Å². The van der Waals surface area contributed by atoms with Gasteiger partial charge in [-0.3, -0.25) is 14.9 Å². The molecule has 1 aromatic heterocycles. The molecule has 0 aliphatic heterocycles. The van der Waals surface area contributed by atoms with Crippen LogP contribution in [0.1, 0.15) is 16.1 Å². The van der Waals surface area contributed by atoms with E-state index in [1.54, 1.807) is 11.0 Å². The lowest BCUT2D eigenvalue weighted by molar-refractivity contribution is -0.384. The number of hydrazone groups is 1. The fourth-order valence-corrected chi connectivity index (χ4v) is 2.36. The first-order valence-corrected chi connectivity index (χ1v) is 7.22. The molecular weight excluding hydrogens is 368 g/mol. The molecule has 0 bridgehead atoms. The van der Waals surface area contributed by atoms with Crippen molar-refractivity contribution in [2.24, 2.45) is 5.10 Å². The molecular formula is C14H13BrN4O4. The standard InChI is InChI=1S/C14H13BrN4O4/c1-18(2)14-12(15)7-11(23-14)8-16-17-13(20)9-3-5-10(6-4-9)19(21)22/h3-8H,1-2H3,(H,17,20)/b16-8+. The van der Waals surface area contributed by atoms with E-state index in [2.05, 4.69) is 26.5 Å². The minimum atomic E-state index is -0.531. The van der Waals surface area contributed by atoms with Gasteiger partial charge in [-0.15, -0.1) is 0 Å².